The minimum atomic E-state index is 0.591. The molecule has 0 bridgehead atoms. The molecule has 1 nitrogen and oxygen atoms in total. The monoisotopic (exact) mass is 417 g/mol. The first kappa shape index (κ1) is 21.6. The van der Waals surface area contributed by atoms with Gasteiger partial charge in [-0.1, -0.05) is 98.3 Å². The summed E-state index contributed by atoms with van der Waals surface area (Å²) in [6, 6.07) is 36.8. The quantitative estimate of drug-likeness (QED) is 0.271. The normalized spacial score (nSPS) is 12.1. The summed E-state index contributed by atoms with van der Waals surface area (Å²) in [5.41, 5.74) is 8.57. The molecule has 0 aliphatic rings. The molecule has 1 atom stereocenters. The maximum absolute atomic E-state index is 2.30. The zero-order chi connectivity index (χ0) is 22.3. The van der Waals surface area contributed by atoms with Gasteiger partial charge in [-0.25, -0.2) is 0 Å². The summed E-state index contributed by atoms with van der Waals surface area (Å²) in [4.78, 5) is 2.29. The van der Waals surface area contributed by atoms with E-state index in [1.807, 2.05) is 0 Å². The molecule has 0 saturated carbocycles. The Morgan fingerprint density at radius 3 is 1.91 bits per heavy atom. The second-order valence-electron chi connectivity index (χ2n) is 8.41. The first-order valence-electron chi connectivity index (χ1n) is 11.4. The van der Waals surface area contributed by atoms with Gasteiger partial charge in [-0.15, -0.1) is 0 Å². The Bertz CT molecular complexity index is 1160. The van der Waals surface area contributed by atoms with Gasteiger partial charge in [0, 0.05) is 17.1 Å². The highest BCUT2D eigenvalue weighted by atomic mass is 15.1. The average molecular weight is 418 g/mol. The van der Waals surface area contributed by atoms with E-state index in [1.165, 1.54) is 22.3 Å². The van der Waals surface area contributed by atoms with Crippen LogP contribution in [0.4, 0.5) is 17.1 Å². The maximum Gasteiger partial charge on any atom is 0.0462 e. The third kappa shape index (κ3) is 5.18. The molecule has 4 aromatic carbocycles. The van der Waals surface area contributed by atoms with Gasteiger partial charge in [-0.05, 0) is 72.4 Å². The lowest BCUT2D eigenvalue weighted by molar-refractivity contribution is 0.733. The fourth-order valence-electron chi connectivity index (χ4n) is 3.85. The van der Waals surface area contributed by atoms with Gasteiger partial charge in [0.2, 0.25) is 0 Å². The first-order valence-corrected chi connectivity index (χ1v) is 11.4. The second-order valence-corrected chi connectivity index (χ2v) is 8.41. The van der Waals surface area contributed by atoms with Crippen molar-refractivity contribution in [3.05, 3.63) is 125 Å². The molecule has 0 heterocycles. The maximum atomic E-state index is 2.30. The van der Waals surface area contributed by atoms with E-state index >= 15 is 0 Å². The van der Waals surface area contributed by atoms with E-state index < -0.39 is 0 Å². The summed E-state index contributed by atoms with van der Waals surface area (Å²) in [6.07, 6.45) is 5.56. The molecule has 0 radical (unpaired) electrons. The van der Waals surface area contributed by atoms with Crippen LogP contribution in [0.1, 0.15) is 48.4 Å². The molecule has 0 aliphatic carbocycles. The molecule has 4 aromatic rings. The highest BCUT2D eigenvalue weighted by Gasteiger charge is 2.11. The number of hydrogen-bond donors (Lipinski definition) is 0. The van der Waals surface area contributed by atoms with Crippen LogP contribution in [0.15, 0.2) is 103 Å². The van der Waals surface area contributed by atoms with Crippen LogP contribution in [0, 0.1) is 6.92 Å². The first-order chi connectivity index (χ1) is 15.6. The highest BCUT2D eigenvalue weighted by Crippen LogP contribution is 2.34. The number of anilines is 3. The molecule has 0 aliphatic heterocycles. The van der Waals surface area contributed by atoms with Crippen molar-refractivity contribution >= 4 is 29.2 Å². The Morgan fingerprint density at radius 1 is 0.656 bits per heavy atom. The fraction of sp³-hybridized carbons (Fsp3) is 0.161. The minimum absolute atomic E-state index is 0.591. The van der Waals surface area contributed by atoms with E-state index in [0.29, 0.717) is 5.92 Å². The summed E-state index contributed by atoms with van der Waals surface area (Å²) in [7, 11) is 0. The van der Waals surface area contributed by atoms with Crippen LogP contribution in [0.2, 0.25) is 0 Å². The van der Waals surface area contributed by atoms with Gasteiger partial charge < -0.3 is 4.90 Å². The van der Waals surface area contributed by atoms with Gasteiger partial charge in [0.1, 0.15) is 0 Å². The number of hydrogen-bond acceptors (Lipinski definition) is 1. The fourth-order valence-corrected chi connectivity index (χ4v) is 3.85. The number of benzene rings is 4. The van der Waals surface area contributed by atoms with Gasteiger partial charge in [-0.2, -0.15) is 0 Å². The van der Waals surface area contributed by atoms with Crippen LogP contribution in [0.25, 0.3) is 12.2 Å². The van der Waals surface area contributed by atoms with E-state index in [1.54, 1.807) is 0 Å². The van der Waals surface area contributed by atoms with Crippen LogP contribution >= 0.6 is 0 Å². The molecule has 32 heavy (non-hydrogen) atoms. The molecule has 0 fully saturated rings. The van der Waals surface area contributed by atoms with Crippen LogP contribution in [-0.4, -0.2) is 0 Å². The lowest BCUT2D eigenvalue weighted by atomic mass is 9.97. The van der Waals surface area contributed by atoms with Crippen LogP contribution in [0.5, 0.6) is 0 Å². The lowest BCUT2D eigenvalue weighted by Crippen LogP contribution is -2.09. The number of rotatable bonds is 7. The molecular weight excluding hydrogens is 386 g/mol. The van der Waals surface area contributed by atoms with Crippen LogP contribution in [0.3, 0.4) is 0 Å². The number of para-hydroxylation sites is 1. The van der Waals surface area contributed by atoms with Crippen molar-refractivity contribution < 1.29 is 0 Å². The van der Waals surface area contributed by atoms with Crippen molar-refractivity contribution in [3.8, 4) is 0 Å². The molecule has 4 rings (SSSR count). The lowest BCUT2D eigenvalue weighted by Gasteiger charge is -2.25. The Labute approximate surface area is 192 Å². The molecule has 0 saturated heterocycles. The van der Waals surface area contributed by atoms with E-state index in [0.717, 1.165) is 23.5 Å². The van der Waals surface area contributed by atoms with Gasteiger partial charge in [-0.3, -0.25) is 0 Å². The third-order valence-corrected chi connectivity index (χ3v) is 6.02. The molecule has 0 N–H and O–H groups in total. The van der Waals surface area contributed by atoms with Crippen molar-refractivity contribution in [2.24, 2.45) is 0 Å². The Kier molecular flexibility index (Phi) is 6.87. The van der Waals surface area contributed by atoms with Gasteiger partial charge in [0.15, 0.2) is 0 Å². The molecule has 0 spiro atoms. The smallest absolute Gasteiger partial charge is 0.0462 e. The SMILES string of the molecule is CCC(C)c1cccc(C=Cc2ccc(N(c3ccccc3)c3ccc(C)cc3)cc2)c1. The largest absolute Gasteiger partial charge is 0.311 e. The summed E-state index contributed by atoms with van der Waals surface area (Å²) >= 11 is 0. The zero-order valence-electron chi connectivity index (χ0n) is 19.2. The molecular formula is C31H31N. The van der Waals surface area contributed by atoms with E-state index in [9.17, 15) is 0 Å². The molecule has 1 heteroatoms. The highest BCUT2D eigenvalue weighted by molar-refractivity contribution is 5.78. The van der Waals surface area contributed by atoms with Crippen molar-refractivity contribution in [1.82, 2.24) is 0 Å². The van der Waals surface area contributed by atoms with Crippen LogP contribution in [-0.2, 0) is 0 Å². The van der Waals surface area contributed by atoms with E-state index in [4.69, 9.17) is 0 Å². The number of nitrogens with zero attached hydrogens (tertiary/aromatic N) is 1. The Morgan fingerprint density at radius 2 is 1.25 bits per heavy atom. The van der Waals surface area contributed by atoms with Gasteiger partial charge in [0.25, 0.3) is 0 Å². The molecule has 0 amide bonds. The third-order valence-electron chi connectivity index (χ3n) is 6.02. The van der Waals surface area contributed by atoms with E-state index in [2.05, 4.69) is 141 Å². The van der Waals surface area contributed by atoms with Gasteiger partial charge in [0.05, 0.1) is 0 Å². The Balaban J connectivity index is 1.60. The molecule has 0 aromatic heterocycles. The average Bonchev–Trinajstić information content (AvgIpc) is 2.85. The molecule has 160 valence electrons. The van der Waals surface area contributed by atoms with Crippen LogP contribution < -0.4 is 4.90 Å². The second kappa shape index (κ2) is 10.2. The van der Waals surface area contributed by atoms with Crippen molar-refractivity contribution in [1.29, 1.82) is 0 Å². The number of aryl methyl sites for hydroxylation is 1. The summed E-state index contributed by atoms with van der Waals surface area (Å²) in [6.45, 7) is 6.65. The van der Waals surface area contributed by atoms with Crippen molar-refractivity contribution in [2.75, 3.05) is 4.90 Å². The standard InChI is InChI=1S/C31H31N/c1-4-25(3)28-10-8-9-27(23-28)16-15-26-17-21-31(22-18-26)32(29-11-6-5-7-12-29)30-19-13-24(2)14-20-30/h5-23,25H,4H2,1-3H3. The topological polar surface area (TPSA) is 3.24 Å². The summed E-state index contributed by atoms with van der Waals surface area (Å²) < 4.78 is 0. The van der Waals surface area contributed by atoms with Crippen molar-refractivity contribution in [3.63, 3.8) is 0 Å². The summed E-state index contributed by atoms with van der Waals surface area (Å²) in [5, 5.41) is 0. The predicted octanol–water partition coefficient (Wildman–Crippen LogP) is 9.15. The zero-order valence-corrected chi connectivity index (χ0v) is 19.2. The Hall–Kier alpha value is -3.58. The molecule has 1 unspecified atom stereocenters. The van der Waals surface area contributed by atoms with E-state index in [-0.39, 0.29) is 0 Å². The predicted molar refractivity (Wildman–Crippen MR) is 140 cm³/mol. The van der Waals surface area contributed by atoms with Gasteiger partial charge >= 0.3 is 0 Å². The van der Waals surface area contributed by atoms with Crippen molar-refractivity contribution in [2.45, 2.75) is 33.1 Å². The summed E-state index contributed by atoms with van der Waals surface area (Å²) in [5.74, 6) is 0.591. The minimum Gasteiger partial charge on any atom is -0.311 e.